The number of aromatic nitrogens is 2. The number of nitriles is 1. The van der Waals surface area contributed by atoms with Gasteiger partial charge >= 0.3 is 0 Å². The molecule has 7 aromatic carbocycles. The van der Waals surface area contributed by atoms with E-state index in [-0.39, 0.29) is 0 Å². The molecule has 9 rings (SSSR count). The molecule has 0 fully saturated rings. The first-order chi connectivity index (χ1) is 24.7. The Morgan fingerprint density at radius 2 is 1.10 bits per heavy atom. The van der Waals surface area contributed by atoms with Crippen LogP contribution in [0.15, 0.2) is 152 Å². The normalized spacial score (nSPS) is 11.1. The molecule has 0 unspecified atom stereocenters. The highest BCUT2D eigenvalue weighted by atomic mass is 15.0. The lowest BCUT2D eigenvalue weighted by Crippen LogP contribution is -1.99. The maximum atomic E-state index is 9.63. The molecule has 5 nitrogen and oxygen atoms in total. The maximum Gasteiger partial charge on any atom is 0.211 e. The zero-order valence-corrected chi connectivity index (χ0v) is 26.7. The standard InChI is InChI=1S/C45H25N5/c1-47-31-22-24-44-39(27-31)36-16-6-8-20-42(36)50(44)45-37(17-10-18-40(45)48-2)34-14-4-3-13-33(34)30-11-9-12-32(26-30)49-41-19-7-5-15-35(41)38-25-29(28-46)21-23-43(38)49/h3-27H. The van der Waals surface area contributed by atoms with Crippen molar-refractivity contribution in [3.8, 4) is 39.7 Å². The van der Waals surface area contributed by atoms with Gasteiger partial charge in [0.05, 0.1) is 52.5 Å². The Bertz CT molecular complexity index is 2970. The number of benzene rings is 7. The molecule has 0 saturated carbocycles. The highest BCUT2D eigenvalue weighted by Gasteiger charge is 2.21. The third-order valence-corrected chi connectivity index (χ3v) is 9.58. The highest BCUT2D eigenvalue weighted by molar-refractivity contribution is 6.12. The Kier molecular flexibility index (Phi) is 6.56. The van der Waals surface area contributed by atoms with Gasteiger partial charge in [-0.2, -0.15) is 5.26 Å². The van der Waals surface area contributed by atoms with Crippen LogP contribution in [0.2, 0.25) is 0 Å². The Morgan fingerprint density at radius 3 is 1.86 bits per heavy atom. The molecule has 0 aliphatic carbocycles. The van der Waals surface area contributed by atoms with E-state index in [0.717, 1.165) is 77.2 Å². The first kappa shape index (κ1) is 28.8. The van der Waals surface area contributed by atoms with Crippen LogP contribution in [-0.2, 0) is 0 Å². The minimum Gasteiger partial charge on any atom is -0.318 e. The van der Waals surface area contributed by atoms with Crippen LogP contribution in [0.3, 0.4) is 0 Å². The predicted molar refractivity (Wildman–Crippen MR) is 203 cm³/mol. The Hall–Kier alpha value is -7.39. The van der Waals surface area contributed by atoms with Crippen molar-refractivity contribution in [1.82, 2.24) is 9.13 Å². The van der Waals surface area contributed by atoms with Gasteiger partial charge in [-0.05, 0) is 82.2 Å². The molecule has 5 heteroatoms. The van der Waals surface area contributed by atoms with Crippen LogP contribution >= 0.6 is 0 Å². The number of hydrogen-bond acceptors (Lipinski definition) is 1. The summed E-state index contributed by atoms with van der Waals surface area (Å²) >= 11 is 0. The molecular formula is C45H25N5. The van der Waals surface area contributed by atoms with E-state index in [1.54, 1.807) is 0 Å². The SMILES string of the molecule is [C-]#[N+]c1ccc2c(c1)c1ccccc1n2-c1c([N+]#[C-])cccc1-c1ccccc1-c1cccc(-n2c3ccccc3c3cc(C#N)ccc32)c1. The van der Waals surface area contributed by atoms with Crippen LogP contribution in [0, 0.1) is 24.5 Å². The second-order valence-electron chi connectivity index (χ2n) is 12.2. The van der Waals surface area contributed by atoms with Gasteiger partial charge in [-0.3, -0.25) is 0 Å². The zero-order valence-electron chi connectivity index (χ0n) is 26.7. The number of para-hydroxylation sites is 3. The second-order valence-corrected chi connectivity index (χ2v) is 12.2. The Balaban J connectivity index is 1.29. The fourth-order valence-electron chi connectivity index (χ4n) is 7.45. The summed E-state index contributed by atoms with van der Waals surface area (Å²) in [6.07, 6.45) is 0. The number of rotatable bonds is 4. The molecule has 0 radical (unpaired) electrons. The van der Waals surface area contributed by atoms with Crippen LogP contribution in [-0.4, -0.2) is 9.13 Å². The van der Waals surface area contributed by atoms with Crippen molar-refractivity contribution >= 4 is 55.0 Å². The van der Waals surface area contributed by atoms with Crippen molar-refractivity contribution in [2.75, 3.05) is 0 Å². The largest absolute Gasteiger partial charge is 0.318 e. The quantitative estimate of drug-likeness (QED) is 0.177. The minimum atomic E-state index is 0.546. The van der Waals surface area contributed by atoms with E-state index < -0.39 is 0 Å². The third-order valence-electron chi connectivity index (χ3n) is 9.58. The molecule has 50 heavy (non-hydrogen) atoms. The van der Waals surface area contributed by atoms with E-state index in [0.29, 0.717) is 16.9 Å². The smallest absolute Gasteiger partial charge is 0.211 e. The molecule has 0 N–H and O–H groups in total. The van der Waals surface area contributed by atoms with E-state index in [1.165, 1.54) is 0 Å². The molecule has 0 atom stereocenters. The first-order valence-electron chi connectivity index (χ1n) is 16.2. The van der Waals surface area contributed by atoms with E-state index >= 15 is 0 Å². The topological polar surface area (TPSA) is 42.4 Å². The third kappa shape index (κ3) is 4.31. The van der Waals surface area contributed by atoms with Crippen LogP contribution < -0.4 is 0 Å². The lowest BCUT2D eigenvalue weighted by atomic mass is 9.92. The van der Waals surface area contributed by atoms with Crippen molar-refractivity contribution in [2.24, 2.45) is 0 Å². The van der Waals surface area contributed by atoms with Gasteiger partial charge in [-0.15, -0.1) is 0 Å². The van der Waals surface area contributed by atoms with Gasteiger partial charge in [0.25, 0.3) is 0 Å². The number of hydrogen-bond donors (Lipinski definition) is 0. The van der Waals surface area contributed by atoms with Gasteiger partial charge in [0.2, 0.25) is 5.69 Å². The molecule has 0 aliphatic heterocycles. The molecule has 2 heterocycles. The van der Waals surface area contributed by atoms with E-state index in [2.05, 4.69) is 97.7 Å². The monoisotopic (exact) mass is 635 g/mol. The van der Waals surface area contributed by atoms with Crippen LogP contribution in [0.5, 0.6) is 0 Å². The molecule has 0 saturated heterocycles. The fourth-order valence-corrected chi connectivity index (χ4v) is 7.45. The van der Waals surface area contributed by atoms with Crippen molar-refractivity contribution in [1.29, 1.82) is 5.26 Å². The summed E-state index contributed by atoms with van der Waals surface area (Å²) in [5.74, 6) is 0. The molecule has 0 aliphatic rings. The predicted octanol–water partition coefficient (Wildman–Crippen LogP) is 12.2. The summed E-state index contributed by atoms with van der Waals surface area (Å²) in [6.45, 7) is 15.9. The van der Waals surface area contributed by atoms with Crippen LogP contribution in [0.4, 0.5) is 11.4 Å². The molecule has 0 bridgehead atoms. The van der Waals surface area contributed by atoms with Gasteiger partial charge in [-0.1, -0.05) is 97.1 Å². The van der Waals surface area contributed by atoms with E-state index in [4.69, 9.17) is 13.1 Å². The van der Waals surface area contributed by atoms with Crippen LogP contribution in [0.1, 0.15) is 5.56 Å². The molecule has 2 aromatic heterocycles. The minimum absolute atomic E-state index is 0.546. The first-order valence-corrected chi connectivity index (χ1v) is 16.2. The van der Waals surface area contributed by atoms with Gasteiger partial charge in [-0.25, -0.2) is 9.69 Å². The fraction of sp³-hybridized carbons (Fsp3) is 0. The Morgan fingerprint density at radius 1 is 0.480 bits per heavy atom. The number of fused-ring (bicyclic) bond motifs is 6. The summed E-state index contributed by atoms with van der Waals surface area (Å²) in [5, 5.41) is 13.8. The average molecular weight is 636 g/mol. The Labute approximate surface area is 288 Å². The van der Waals surface area contributed by atoms with Gasteiger partial charge in [0.15, 0.2) is 5.69 Å². The zero-order chi connectivity index (χ0) is 33.8. The lowest BCUT2D eigenvalue weighted by Gasteiger charge is -2.19. The van der Waals surface area contributed by atoms with Crippen molar-refractivity contribution in [3.05, 3.63) is 180 Å². The average Bonchev–Trinajstić information content (AvgIpc) is 3.69. The van der Waals surface area contributed by atoms with Gasteiger partial charge in [0.1, 0.15) is 0 Å². The van der Waals surface area contributed by atoms with Crippen molar-refractivity contribution in [2.45, 2.75) is 0 Å². The molecule has 0 amide bonds. The molecule has 230 valence electrons. The summed E-state index contributed by atoms with van der Waals surface area (Å²) < 4.78 is 4.44. The summed E-state index contributed by atoms with van der Waals surface area (Å²) in [5.41, 5.74) is 11.7. The lowest BCUT2D eigenvalue weighted by molar-refractivity contribution is 1.18. The highest BCUT2D eigenvalue weighted by Crippen LogP contribution is 2.44. The molecule has 0 spiro atoms. The summed E-state index contributed by atoms with van der Waals surface area (Å²) in [4.78, 5) is 7.74. The maximum absolute atomic E-state index is 9.63. The molecule has 9 aromatic rings. The van der Waals surface area contributed by atoms with Gasteiger partial charge < -0.3 is 9.13 Å². The number of nitrogens with zero attached hydrogens (tertiary/aromatic N) is 5. The van der Waals surface area contributed by atoms with Crippen LogP contribution in [0.25, 0.3) is 86.9 Å². The summed E-state index contributed by atoms with van der Waals surface area (Å²) in [6, 6.07) is 53.3. The molecular weight excluding hydrogens is 611 g/mol. The van der Waals surface area contributed by atoms with E-state index in [1.807, 2.05) is 78.9 Å². The van der Waals surface area contributed by atoms with Crippen molar-refractivity contribution < 1.29 is 0 Å². The summed E-state index contributed by atoms with van der Waals surface area (Å²) in [7, 11) is 0. The van der Waals surface area contributed by atoms with Gasteiger partial charge in [0, 0.05) is 21.8 Å². The second kappa shape index (κ2) is 11.4. The van der Waals surface area contributed by atoms with E-state index in [9.17, 15) is 5.26 Å². The van der Waals surface area contributed by atoms with Crippen molar-refractivity contribution in [3.63, 3.8) is 0 Å².